The summed E-state index contributed by atoms with van der Waals surface area (Å²) in [6.45, 7) is 8.12. The average molecular weight is 397 g/mol. The van der Waals surface area contributed by atoms with E-state index in [1.807, 2.05) is 19.9 Å². The summed E-state index contributed by atoms with van der Waals surface area (Å²) in [6.07, 6.45) is 3.43. The van der Waals surface area contributed by atoms with Crippen molar-refractivity contribution in [3.8, 4) is 5.69 Å². The molecule has 2 aromatic heterocycles. The largest absolute Gasteiger partial charge is 0.477 e. The molecule has 0 radical (unpaired) electrons. The number of hydrogen-bond donors (Lipinski definition) is 2. The highest BCUT2D eigenvalue weighted by Crippen LogP contribution is 2.29. The fourth-order valence-electron chi connectivity index (χ4n) is 3.07. The molecule has 2 heterocycles. The van der Waals surface area contributed by atoms with Crippen LogP contribution < -0.4 is 0 Å². The first-order valence-electron chi connectivity index (χ1n) is 9.19. The van der Waals surface area contributed by atoms with E-state index in [4.69, 9.17) is 0 Å². The van der Waals surface area contributed by atoms with E-state index in [1.165, 1.54) is 5.56 Å². The fraction of sp³-hybridized carbons (Fsp3) is 0.286. The SMILES string of the molecule is CCCc1nc(S/C(=C\c2cc(C)n(-c3ccc(C)cc3)c2C)C(=O)O)n[nH]1. The van der Waals surface area contributed by atoms with Gasteiger partial charge in [0.05, 0.1) is 0 Å². The van der Waals surface area contributed by atoms with Crippen molar-refractivity contribution in [2.45, 2.75) is 45.7 Å². The second-order valence-corrected chi connectivity index (χ2v) is 7.74. The van der Waals surface area contributed by atoms with Gasteiger partial charge in [0.1, 0.15) is 10.7 Å². The van der Waals surface area contributed by atoms with Gasteiger partial charge in [-0.2, -0.15) is 0 Å². The van der Waals surface area contributed by atoms with E-state index in [0.717, 1.165) is 53.1 Å². The zero-order valence-electron chi connectivity index (χ0n) is 16.5. The second-order valence-electron chi connectivity index (χ2n) is 6.73. The van der Waals surface area contributed by atoms with Gasteiger partial charge < -0.3 is 9.67 Å². The van der Waals surface area contributed by atoms with Crippen LogP contribution in [0.15, 0.2) is 40.4 Å². The van der Waals surface area contributed by atoms with Crippen LogP contribution in [0.4, 0.5) is 0 Å². The molecular formula is C21H24N4O2S. The molecule has 0 spiro atoms. The van der Waals surface area contributed by atoms with Gasteiger partial charge in [-0.25, -0.2) is 9.78 Å². The molecule has 0 unspecified atom stereocenters. The van der Waals surface area contributed by atoms with Gasteiger partial charge in [0.2, 0.25) is 5.16 Å². The molecule has 28 heavy (non-hydrogen) atoms. The Kier molecular flexibility index (Phi) is 6.04. The summed E-state index contributed by atoms with van der Waals surface area (Å²) >= 11 is 1.06. The van der Waals surface area contributed by atoms with Gasteiger partial charge in [-0.3, -0.25) is 5.10 Å². The smallest absolute Gasteiger partial charge is 0.342 e. The molecule has 146 valence electrons. The fourth-order valence-corrected chi connectivity index (χ4v) is 3.79. The molecular weight excluding hydrogens is 372 g/mol. The number of aliphatic carboxylic acids is 1. The lowest BCUT2D eigenvalue weighted by atomic mass is 10.2. The summed E-state index contributed by atoms with van der Waals surface area (Å²) in [7, 11) is 0. The Balaban J connectivity index is 1.93. The summed E-state index contributed by atoms with van der Waals surface area (Å²) in [5, 5.41) is 17.1. The Hall–Kier alpha value is -2.80. The van der Waals surface area contributed by atoms with Crippen molar-refractivity contribution < 1.29 is 9.90 Å². The van der Waals surface area contributed by atoms with Gasteiger partial charge in [-0.1, -0.05) is 24.6 Å². The van der Waals surface area contributed by atoms with Crippen LogP contribution >= 0.6 is 11.8 Å². The summed E-state index contributed by atoms with van der Waals surface area (Å²) in [4.78, 5) is 16.3. The van der Waals surface area contributed by atoms with Crippen molar-refractivity contribution in [3.63, 3.8) is 0 Å². The van der Waals surface area contributed by atoms with E-state index in [1.54, 1.807) is 6.08 Å². The normalized spacial score (nSPS) is 11.8. The van der Waals surface area contributed by atoms with Gasteiger partial charge in [0.15, 0.2) is 0 Å². The van der Waals surface area contributed by atoms with Crippen LogP contribution in [0.5, 0.6) is 0 Å². The summed E-state index contributed by atoms with van der Waals surface area (Å²) in [6, 6.07) is 10.3. The number of benzene rings is 1. The number of rotatable bonds is 7. The van der Waals surface area contributed by atoms with E-state index >= 15 is 0 Å². The molecule has 0 atom stereocenters. The van der Waals surface area contributed by atoms with Crippen molar-refractivity contribution in [1.82, 2.24) is 19.7 Å². The highest BCUT2D eigenvalue weighted by atomic mass is 32.2. The number of nitrogens with one attached hydrogen (secondary N) is 1. The first-order chi connectivity index (χ1) is 13.4. The molecule has 0 bridgehead atoms. The topological polar surface area (TPSA) is 83.8 Å². The quantitative estimate of drug-likeness (QED) is 0.447. The van der Waals surface area contributed by atoms with Gasteiger partial charge in [0.25, 0.3) is 0 Å². The van der Waals surface area contributed by atoms with Crippen molar-refractivity contribution in [2.24, 2.45) is 0 Å². The predicted octanol–water partition coefficient (Wildman–Crippen LogP) is 4.69. The first-order valence-corrected chi connectivity index (χ1v) is 10.0. The number of thioether (sulfide) groups is 1. The van der Waals surface area contributed by atoms with E-state index in [0.29, 0.717) is 5.16 Å². The maximum absolute atomic E-state index is 11.8. The van der Waals surface area contributed by atoms with Crippen molar-refractivity contribution in [1.29, 1.82) is 0 Å². The molecule has 0 saturated carbocycles. The molecule has 6 nitrogen and oxygen atoms in total. The number of aromatic amines is 1. The van der Waals surface area contributed by atoms with Crippen molar-refractivity contribution in [3.05, 3.63) is 63.6 Å². The maximum Gasteiger partial charge on any atom is 0.342 e. The molecule has 3 aromatic rings. The molecule has 0 saturated heterocycles. The molecule has 0 amide bonds. The third kappa shape index (κ3) is 4.36. The van der Waals surface area contributed by atoms with Gasteiger partial charge in [0, 0.05) is 23.5 Å². The number of nitrogens with zero attached hydrogens (tertiary/aromatic N) is 3. The Bertz CT molecular complexity index is 1020. The minimum Gasteiger partial charge on any atom is -0.477 e. The third-order valence-corrected chi connectivity index (χ3v) is 5.34. The second kappa shape index (κ2) is 8.48. The highest BCUT2D eigenvalue weighted by Gasteiger charge is 2.16. The van der Waals surface area contributed by atoms with E-state index in [2.05, 4.69) is 57.9 Å². The Morgan fingerprint density at radius 3 is 2.61 bits per heavy atom. The van der Waals surface area contributed by atoms with Gasteiger partial charge in [-0.05, 0) is 68.8 Å². The van der Waals surface area contributed by atoms with Crippen LogP contribution in [0, 0.1) is 20.8 Å². The van der Waals surface area contributed by atoms with Crippen LogP contribution in [-0.4, -0.2) is 30.8 Å². The summed E-state index contributed by atoms with van der Waals surface area (Å²) in [5.74, 6) is -0.223. The van der Waals surface area contributed by atoms with E-state index < -0.39 is 5.97 Å². The van der Waals surface area contributed by atoms with Gasteiger partial charge >= 0.3 is 5.97 Å². The van der Waals surface area contributed by atoms with Crippen molar-refractivity contribution in [2.75, 3.05) is 0 Å². The number of hydrogen-bond acceptors (Lipinski definition) is 4. The first kappa shape index (κ1) is 19.9. The summed E-state index contributed by atoms with van der Waals surface area (Å²) < 4.78 is 2.13. The third-order valence-electron chi connectivity index (χ3n) is 4.46. The monoisotopic (exact) mass is 396 g/mol. The Labute approximate surface area is 168 Å². The summed E-state index contributed by atoms with van der Waals surface area (Å²) in [5.41, 5.74) is 5.16. The van der Waals surface area contributed by atoms with Crippen LogP contribution in [0.25, 0.3) is 11.8 Å². The van der Waals surface area contributed by atoms with Crippen LogP contribution in [0.3, 0.4) is 0 Å². The zero-order valence-corrected chi connectivity index (χ0v) is 17.3. The molecule has 0 aliphatic rings. The molecule has 0 aliphatic carbocycles. The zero-order chi connectivity index (χ0) is 20.3. The van der Waals surface area contributed by atoms with Crippen LogP contribution in [0.2, 0.25) is 0 Å². The van der Waals surface area contributed by atoms with E-state index in [-0.39, 0.29) is 4.91 Å². The molecule has 2 N–H and O–H groups in total. The minimum atomic E-state index is -0.994. The molecule has 0 fully saturated rings. The highest BCUT2D eigenvalue weighted by molar-refractivity contribution is 8.04. The lowest BCUT2D eigenvalue weighted by Gasteiger charge is -2.10. The lowest BCUT2D eigenvalue weighted by molar-refractivity contribution is -0.131. The number of aromatic nitrogens is 4. The van der Waals surface area contributed by atoms with Gasteiger partial charge in [-0.15, -0.1) is 5.10 Å². The van der Waals surface area contributed by atoms with E-state index in [9.17, 15) is 9.90 Å². The number of aryl methyl sites for hydroxylation is 3. The molecule has 7 heteroatoms. The number of carboxylic acid groups (broad SMARTS) is 1. The predicted molar refractivity (Wildman–Crippen MR) is 112 cm³/mol. The maximum atomic E-state index is 11.8. The Morgan fingerprint density at radius 2 is 1.96 bits per heavy atom. The molecule has 0 aliphatic heterocycles. The Morgan fingerprint density at radius 1 is 1.25 bits per heavy atom. The minimum absolute atomic E-state index is 0.186. The van der Waals surface area contributed by atoms with Crippen molar-refractivity contribution >= 4 is 23.8 Å². The standard InChI is InChI=1S/C21H24N4O2S/c1-5-6-19-22-21(24-23-19)28-18(20(26)27)12-16-11-14(3)25(15(16)4)17-9-7-13(2)8-10-17/h7-12H,5-6H2,1-4H3,(H,26,27)(H,22,23,24)/b18-12-. The number of carboxylic acids is 1. The molecule has 3 rings (SSSR count). The molecule has 1 aromatic carbocycles. The average Bonchev–Trinajstić information content (AvgIpc) is 3.20. The number of H-pyrrole nitrogens is 1. The number of carbonyl (C=O) groups is 1. The lowest BCUT2D eigenvalue weighted by Crippen LogP contribution is -2.00. The van der Waals surface area contributed by atoms with Crippen LogP contribution in [-0.2, 0) is 11.2 Å². The van der Waals surface area contributed by atoms with Crippen LogP contribution in [0.1, 0.15) is 41.7 Å².